The topological polar surface area (TPSA) is 71.8 Å². The minimum absolute atomic E-state index is 0.190. The molecule has 164 valence electrons. The third kappa shape index (κ3) is 6.40. The Balaban J connectivity index is 1.69. The van der Waals surface area contributed by atoms with E-state index in [0.717, 1.165) is 5.56 Å². The number of halogens is 3. The predicted octanol–water partition coefficient (Wildman–Crippen LogP) is 5.28. The molecular weight excluding hydrogens is 503 g/mol. The van der Waals surface area contributed by atoms with Crippen molar-refractivity contribution in [1.82, 2.24) is 10.2 Å². The molecule has 1 unspecified atom stereocenters. The lowest BCUT2D eigenvalue weighted by atomic mass is 10.2. The molecule has 1 aliphatic heterocycles. The fourth-order valence-corrected chi connectivity index (χ4v) is 4.10. The standard InChI is InChI=1S/C20H17Cl3N2O4S2/c1-2-16(26)24-18(20(21,22)23)29-13-7-5-12(6-8-13)10-15-17(27)25(19(30)31-15)11-14-4-3-9-28-14/h3-10,18H,2,11H2,1H3,(H,24,26). The molecule has 1 fully saturated rings. The number of furan rings is 1. The monoisotopic (exact) mass is 518 g/mol. The molecular formula is C20H17Cl3N2O4S2. The van der Waals surface area contributed by atoms with Crippen molar-refractivity contribution in [3.05, 3.63) is 58.9 Å². The molecule has 0 radical (unpaired) electrons. The Kier molecular flexibility index (Phi) is 7.93. The maximum Gasteiger partial charge on any atom is 0.266 e. The average molecular weight is 520 g/mol. The highest BCUT2D eigenvalue weighted by atomic mass is 35.6. The number of thioether (sulfide) groups is 1. The largest absolute Gasteiger partial charge is 0.467 e. The Morgan fingerprint density at radius 3 is 2.61 bits per heavy atom. The van der Waals surface area contributed by atoms with Crippen molar-refractivity contribution in [1.29, 1.82) is 0 Å². The molecule has 2 heterocycles. The van der Waals surface area contributed by atoms with Crippen LogP contribution in [0, 0.1) is 0 Å². The van der Waals surface area contributed by atoms with Gasteiger partial charge in [0.2, 0.25) is 15.9 Å². The number of alkyl halides is 3. The van der Waals surface area contributed by atoms with Gasteiger partial charge in [0.25, 0.3) is 5.91 Å². The SMILES string of the molecule is CCC(=O)NC(Oc1ccc(C=C2SC(=S)N(Cc3ccco3)C2=O)cc1)C(Cl)(Cl)Cl. The van der Waals surface area contributed by atoms with Gasteiger partial charge in [-0.1, -0.05) is 77.8 Å². The van der Waals surface area contributed by atoms with E-state index in [1.807, 2.05) is 0 Å². The van der Waals surface area contributed by atoms with Crippen LogP contribution in [0.3, 0.4) is 0 Å². The second kappa shape index (κ2) is 10.3. The van der Waals surface area contributed by atoms with Gasteiger partial charge in [-0.2, -0.15) is 0 Å². The minimum atomic E-state index is -1.86. The molecule has 1 N–H and O–H groups in total. The van der Waals surface area contributed by atoms with Crippen LogP contribution in [0.1, 0.15) is 24.7 Å². The van der Waals surface area contributed by atoms with Crippen molar-refractivity contribution in [2.75, 3.05) is 0 Å². The molecule has 1 atom stereocenters. The molecule has 0 saturated carbocycles. The van der Waals surface area contributed by atoms with Gasteiger partial charge in [-0.3, -0.25) is 14.5 Å². The van der Waals surface area contributed by atoms with Crippen molar-refractivity contribution < 1.29 is 18.7 Å². The first-order valence-electron chi connectivity index (χ1n) is 9.08. The number of carbonyl (C=O) groups is 2. The number of nitrogens with zero attached hydrogens (tertiary/aromatic N) is 1. The number of ether oxygens (including phenoxy) is 1. The zero-order valence-corrected chi connectivity index (χ0v) is 20.0. The Morgan fingerprint density at radius 1 is 1.32 bits per heavy atom. The summed E-state index contributed by atoms with van der Waals surface area (Å²) in [6.07, 6.45) is 2.34. The van der Waals surface area contributed by atoms with E-state index in [9.17, 15) is 9.59 Å². The number of hydrogen-bond donors (Lipinski definition) is 1. The van der Waals surface area contributed by atoms with E-state index in [1.165, 1.54) is 16.7 Å². The zero-order chi connectivity index (χ0) is 22.6. The molecule has 1 saturated heterocycles. The van der Waals surface area contributed by atoms with Gasteiger partial charge in [0, 0.05) is 6.42 Å². The second-order valence-corrected chi connectivity index (χ2v) is 10.4. The average Bonchev–Trinajstić information content (AvgIpc) is 3.32. The van der Waals surface area contributed by atoms with Gasteiger partial charge < -0.3 is 14.5 Å². The number of rotatable bonds is 7. The van der Waals surface area contributed by atoms with E-state index in [0.29, 0.717) is 20.7 Å². The van der Waals surface area contributed by atoms with Crippen molar-refractivity contribution in [3.8, 4) is 5.75 Å². The lowest BCUT2D eigenvalue weighted by molar-refractivity contribution is -0.123. The molecule has 0 aliphatic carbocycles. The van der Waals surface area contributed by atoms with Crippen LogP contribution >= 0.6 is 58.8 Å². The lowest BCUT2D eigenvalue weighted by Crippen LogP contribution is -2.47. The molecule has 0 bridgehead atoms. The first-order valence-corrected chi connectivity index (χ1v) is 11.4. The molecule has 2 amide bonds. The molecule has 0 spiro atoms. The van der Waals surface area contributed by atoms with Crippen LogP contribution in [0.15, 0.2) is 52.0 Å². The third-order valence-electron chi connectivity index (χ3n) is 4.11. The molecule has 31 heavy (non-hydrogen) atoms. The summed E-state index contributed by atoms with van der Waals surface area (Å²) in [7, 11) is 0. The van der Waals surface area contributed by atoms with Crippen LogP contribution in [0.5, 0.6) is 5.75 Å². The highest BCUT2D eigenvalue weighted by Crippen LogP contribution is 2.35. The van der Waals surface area contributed by atoms with Crippen molar-refractivity contribution in [2.45, 2.75) is 29.9 Å². The van der Waals surface area contributed by atoms with Crippen LogP contribution in [0.25, 0.3) is 6.08 Å². The van der Waals surface area contributed by atoms with E-state index in [2.05, 4.69) is 5.32 Å². The normalized spacial score (nSPS) is 16.6. The fourth-order valence-electron chi connectivity index (χ4n) is 2.55. The summed E-state index contributed by atoms with van der Waals surface area (Å²) in [5.74, 6) is 0.530. The van der Waals surface area contributed by atoms with Gasteiger partial charge in [0.15, 0.2) is 0 Å². The third-order valence-corrected chi connectivity index (χ3v) is 6.08. The fraction of sp³-hybridized carbons (Fsp3) is 0.250. The summed E-state index contributed by atoms with van der Waals surface area (Å²) in [5.41, 5.74) is 0.758. The van der Waals surface area contributed by atoms with Gasteiger partial charge in [-0.15, -0.1) is 0 Å². The first kappa shape index (κ1) is 23.9. The Bertz CT molecular complexity index is 989. The van der Waals surface area contributed by atoms with Gasteiger partial charge in [-0.05, 0) is 35.9 Å². The highest BCUT2D eigenvalue weighted by molar-refractivity contribution is 8.26. The van der Waals surface area contributed by atoms with E-state index in [-0.39, 0.29) is 24.8 Å². The van der Waals surface area contributed by atoms with E-state index in [4.69, 9.17) is 56.2 Å². The van der Waals surface area contributed by atoms with E-state index in [1.54, 1.807) is 55.7 Å². The van der Waals surface area contributed by atoms with Gasteiger partial charge >= 0.3 is 0 Å². The zero-order valence-electron chi connectivity index (χ0n) is 16.1. The Morgan fingerprint density at radius 2 is 2.03 bits per heavy atom. The van der Waals surface area contributed by atoms with Crippen LogP contribution < -0.4 is 10.1 Å². The van der Waals surface area contributed by atoms with Crippen molar-refractivity contribution in [2.24, 2.45) is 0 Å². The number of nitrogens with one attached hydrogen (secondary N) is 1. The van der Waals surface area contributed by atoms with E-state index < -0.39 is 10.0 Å². The molecule has 3 rings (SSSR count). The quantitative estimate of drug-likeness (QED) is 0.232. The minimum Gasteiger partial charge on any atom is -0.467 e. The molecule has 1 aliphatic rings. The summed E-state index contributed by atoms with van der Waals surface area (Å²) in [5, 5.41) is 2.52. The Labute approximate surface area is 203 Å². The van der Waals surface area contributed by atoms with E-state index >= 15 is 0 Å². The predicted molar refractivity (Wildman–Crippen MR) is 127 cm³/mol. The van der Waals surface area contributed by atoms with Crippen LogP contribution in [0.4, 0.5) is 0 Å². The van der Waals surface area contributed by atoms with Crippen LogP contribution in [-0.2, 0) is 16.1 Å². The summed E-state index contributed by atoms with van der Waals surface area (Å²) in [6, 6.07) is 10.3. The lowest BCUT2D eigenvalue weighted by Gasteiger charge is -2.26. The summed E-state index contributed by atoms with van der Waals surface area (Å²) >= 11 is 24.3. The maximum atomic E-state index is 12.7. The summed E-state index contributed by atoms with van der Waals surface area (Å²) in [6.45, 7) is 1.96. The number of carbonyl (C=O) groups excluding carboxylic acids is 2. The summed E-state index contributed by atoms with van der Waals surface area (Å²) in [4.78, 5) is 26.3. The molecule has 1 aromatic heterocycles. The number of benzene rings is 1. The maximum absolute atomic E-state index is 12.7. The molecule has 1 aromatic carbocycles. The smallest absolute Gasteiger partial charge is 0.266 e. The number of hydrogen-bond acceptors (Lipinski definition) is 6. The molecule has 11 heteroatoms. The van der Waals surface area contributed by atoms with Gasteiger partial charge in [0.1, 0.15) is 15.8 Å². The van der Waals surface area contributed by atoms with Gasteiger partial charge in [0.05, 0.1) is 17.7 Å². The first-order chi connectivity index (χ1) is 14.7. The van der Waals surface area contributed by atoms with Crippen LogP contribution in [0.2, 0.25) is 0 Å². The van der Waals surface area contributed by atoms with Gasteiger partial charge in [-0.25, -0.2) is 0 Å². The Hall–Kier alpha value is -1.71. The van der Waals surface area contributed by atoms with Crippen molar-refractivity contribution in [3.63, 3.8) is 0 Å². The second-order valence-electron chi connectivity index (χ2n) is 6.38. The highest BCUT2D eigenvalue weighted by Gasteiger charge is 2.36. The molecule has 2 aromatic rings. The number of amides is 2. The molecule has 6 nitrogen and oxygen atoms in total. The summed E-state index contributed by atoms with van der Waals surface area (Å²) < 4.78 is 9.53. The van der Waals surface area contributed by atoms with Crippen molar-refractivity contribution >= 4 is 81.0 Å². The number of thiocarbonyl (C=S) groups is 1. The van der Waals surface area contributed by atoms with Crippen LogP contribution in [-0.4, -0.2) is 31.1 Å².